The zero-order chi connectivity index (χ0) is 20.6. The van der Waals surface area contributed by atoms with Crippen molar-refractivity contribution in [2.45, 2.75) is 13.3 Å². The number of carbonyl (C=O) groups is 2. The fraction of sp³-hybridized carbons (Fsp3) is 0.190. The predicted octanol–water partition coefficient (Wildman–Crippen LogP) is 4.21. The van der Waals surface area contributed by atoms with Gasteiger partial charge < -0.3 is 9.47 Å². The summed E-state index contributed by atoms with van der Waals surface area (Å²) in [6.07, 6.45) is 0.0348. The molecule has 1 amide bonds. The zero-order valence-electron chi connectivity index (χ0n) is 15.7. The molecule has 0 saturated carbocycles. The van der Waals surface area contributed by atoms with E-state index in [-0.39, 0.29) is 18.8 Å². The third-order valence-corrected chi connectivity index (χ3v) is 4.61. The van der Waals surface area contributed by atoms with Crippen molar-refractivity contribution in [3.8, 4) is 17.0 Å². The quantitative estimate of drug-likeness (QED) is 0.559. The summed E-state index contributed by atoms with van der Waals surface area (Å²) >= 11 is 1.23. The fourth-order valence-corrected chi connectivity index (χ4v) is 3.08. The molecule has 2 aromatic carbocycles. The number of hydrogen-bond donors (Lipinski definition) is 1. The Labute approximate surface area is 171 Å². The van der Waals surface area contributed by atoms with Crippen molar-refractivity contribution in [2.24, 2.45) is 0 Å². The molecule has 3 rings (SSSR count). The van der Waals surface area contributed by atoms with Gasteiger partial charge in [0.15, 0.2) is 11.7 Å². The Hall–Kier alpha value is -3.26. The molecule has 0 aliphatic rings. The van der Waals surface area contributed by atoms with Gasteiger partial charge in [0, 0.05) is 10.9 Å². The minimum absolute atomic E-state index is 0.0348. The molecule has 0 spiro atoms. The van der Waals surface area contributed by atoms with Crippen LogP contribution in [0.3, 0.4) is 0 Å². The maximum atomic E-state index is 13.0. The highest BCUT2D eigenvalue weighted by Crippen LogP contribution is 2.25. The van der Waals surface area contributed by atoms with Crippen molar-refractivity contribution in [1.82, 2.24) is 4.98 Å². The van der Waals surface area contributed by atoms with Crippen molar-refractivity contribution < 1.29 is 23.5 Å². The topological polar surface area (TPSA) is 77.5 Å². The van der Waals surface area contributed by atoms with Gasteiger partial charge in [0.05, 0.1) is 18.7 Å². The SMILES string of the molecule is Cc1ccc(OCCC(=O)OCC(=O)Nc2nc(-c3ccc(F)cc3)cs2)cc1. The highest BCUT2D eigenvalue weighted by Gasteiger charge is 2.11. The third kappa shape index (κ3) is 6.39. The predicted molar refractivity (Wildman–Crippen MR) is 108 cm³/mol. The van der Waals surface area contributed by atoms with Crippen LogP contribution in [0.5, 0.6) is 5.75 Å². The van der Waals surface area contributed by atoms with Gasteiger partial charge in [-0.15, -0.1) is 11.3 Å². The lowest BCUT2D eigenvalue weighted by Crippen LogP contribution is -2.21. The second-order valence-corrected chi connectivity index (χ2v) is 7.02. The summed E-state index contributed by atoms with van der Waals surface area (Å²) in [6.45, 7) is 1.73. The number of aryl methyl sites for hydroxylation is 1. The molecule has 150 valence electrons. The molecule has 0 atom stereocenters. The van der Waals surface area contributed by atoms with Crippen LogP contribution in [-0.2, 0) is 14.3 Å². The van der Waals surface area contributed by atoms with E-state index in [1.54, 1.807) is 17.5 Å². The van der Waals surface area contributed by atoms with Crippen LogP contribution < -0.4 is 10.1 Å². The summed E-state index contributed by atoms with van der Waals surface area (Å²) in [7, 11) is 0. The molecule has 0 radical (unpaired) electrons. The van der Waals surface area contributed by atoms with E-state index in [9.17, 15) is 14.0 Å². The number of amides is 1. The first-order chi connectivity index (χ1) is 14.0. The monoisotopic (exact) mass is 414 g/mol. The van der Waals surface area contributed by atoms with Gasteiger partial charge in [-0.05, 0) is 43.3 Å². The molecule has 6 nitrogen and oxygen atoms in total. The molecule has 0 fully saturated rings. The molecule has 0 unspecified atom stereocenters. The molecular weight excluding hydrogens is 395 g/mol. The Kier molecular flexibility index (Phi) is 6.91. The Morgan fingerprint density at radius 1 is 1.10 bits per heavy atom. The van der Waals surface area contributed by atoms with Crippen LogP contribution in [0.25, 0.3) is 11.3 Å². The number of hydrogen-bond acceptors (Lipinski definition) is 6. The number of benzene rings is 2. The first kappa shape index (κ1) is 20.5. The molecule has 0 aliphatic carbocycles. The second kappa shape index (κ2) is 9.79. The number of esters is 1. The van der Waals surface area contributed by atoms with Crippen LogP contribution in [0.1, 0.15) is 12.0 Å². The summed E-state index contributed by atoms with van der Waals surface area (Å²) in [4.78, 5) is 27.9. The minimum Gasteiger partial charge on any atom is -0.493 e. The number of carbonyl (C=O) groups excluding carboxylic acids is 2. The molecule has 8 heteroatoms. The van der Waals surface area contributed by atoms with Gasteiger partial charge in [-0.2, -0.15) is 0 Å². The van der Waals surface area contributed by atoms with Crippen LogP contribution >= 0.6 is 11.3 Å². The lowest BCUT2D eigenvalue weighted by molar-refractivity contribution is -0.147. The summed E-state index contributed by atoms with van der Waals surface area (Å²) in [5.74, 6) is -0.679. The van der Waals surface area contributed by atoms with Gasteiger partial charge in [-0.1, -0.05) is 17.7 Å². The van der Waals surface area contributed by atoms with Crippen LogP contribution in [0.2, 0.25) is 0 Å². The van der Waals surface area contributed by atoms with Crippen molar-refractivity contribution in [3.63, 3.8) is 0 Å². The van der Waals surface area contributed by atoms with E-state index in [0.717, 1.165) is 11.1 Å². The van der Waals surface area contributed by atoms with Crippen molar-refractivity contribution >= 4 is 28.3 Å². The first-order valence-electron chi connectivity index (χ1n) is 8.86. The van der Waals surface area contributed by atoms with Gasteiger partial charge in [0.1, 0.15) is 11.6 Å². The van der Waals surface area contributed by atoms with Crippen LogP contribution in [-0.4, -0.2) is 30.1 Å². The molecule has 0 bridgehead atoms. The summed E-state index contributed by atoms with van der Waals surface area (Å²) in [6, 6.07) is 13.4. The average Bonchev–Trinajstić information content (AvgIpc) is 3.17. The largest absolute Gasteiger partial charge is 0.493 e. The van der Waals surface area contributed by atoms with E-state index >= 15 is 0 Å². The van der Waals surface area contributed by atoms with E-state index in [4.69, 9.17) is 9.47 Å². The molecule has 3 aromatic rings. The Morgan fingerprint density at radius 2 is 1.83 bits per heavy atom. The smallest absolute Gasteiger partial charge is 0.309 e. The molecule has 0 aliphatic heterocycles. The van der Waals surface area contributed by atoms with Crippen molar-refractivity contribution in [2.75, 3.05) is 18.5 Å². The maximum absolute atomic E-state index is 13.0. The number of nitrogens with zero attached hydrogens (tertiary/aromatic N) is 1. The number of ether oxygens (including phenoxy) is 2. The maximum Gasteiger partial charge on any atom is 0.309 e. The molecule has 29 heavy (non-hydrogen) atoms. The van der Waals surface area contributed by atoms with Crippen molar-refractivity contribution in [3.05, 3.63) is 65.3 Å². The zero-order valence-corrected chi connectivity index (χ0v) is 16.5. The highest BCUT2D eigenvalue weighted by molar-refractivity contribution is 7.14. The molecule has 1 aromatic heterocycles. The Bertz CT molecular complexity index is 971. The Morgan fingerprint density at radius 3 is 2.55 bits per heavy atom. The van der Waals surface area contributed by atoms with Gasteiger partial charge in [-0.3, -0.25) is 14.9 Å². The summed E-state index contributed by atoms with van der Waals surface area (Å²) < 4.78 is 23.4. The summed E-state index contributed by atoms with van der Waals surface area (Å²) in [5.41, 5.74) is 2.48. The highest BCUT2D eigenvalue weighted by atomic mass is 32.1. The standard InChI is InChI=1S/C21H19FN2O4S/c1-14-2-8-17(9-3-14)27-11-10-20(26)28-12-19(25)24-21-23-18(13-29-21)15-4-6-16(22)7-5-15/h2-9,13H,10-12H2,1H3,(H,23,24,25). The van der Waals surface area contributed by atoms with Gasteiger partial charge >= 0.3 is 5.97 Å². The number of thiazole rings is 1. The number of halogens is 1. The first-order valence-corrected chi connectivity index (χ1v) is 9.74. The van der Waals surface area contributed by atoms with E-state index in [2.05, 4.69) is 10.3 Å². The van der Waals surface area contributed by atoms with Crippen molar-refractivity contribution in [1.29, 1.82) is 0 Å². The van der Waals surface area contributed by atoms with E-state index in [0.29, 0.717) is 16.6 Å². The lowest BCUT2D eigenvalue weighted by atomic mass is 10.2. The van der Waals surface area contributed by atoms with Gasteiger partial charge in [0.2, 0.25) is 0 Å². The number of rotatable bonds is 8. The minimum atomic E-state index is -0.529. The molecule has 0 saturated heterocycles. The van der Waals surface area contributed by atoms with Crippen LogP contribution in [0.4, 0.5) is 9.52 Å². The van der Waals surface area contributed by atoms with E-state index in [1.807, 2.05) is 31.2 Å². The lowest BCUT2D eigenvalue weighted by Gasteiger charge is -2.07. The van der Waals surface area contributed by atoms with Crippen LogP contribution in [0.15, 0.2) is 53.9 Å². The number of anilines is 1. The average molecular weight is 414 g/mol. The summed E-state index contributed by atoms with van der Waals surface area (Å²) in [5, 5.41) is 4.69. The fourth-order valence-electron chi connectivity index (χ4n) is 2.34. The van der Waals surface area contributed by atoms with Gasteiger partial charge in [-0.25, -0.2) is 9.37 Å². The van der Waals surface area contributed by atoms with E-state index in [1.165, 1.54) is 23.5 Å². The third-order valence-electron chi connectivity index (χ3n) is 3.85. The molecular formula is C21H19FN2O4S. The normalized spacial score (nSPS) is 10.4. The molecule has 1 N–H and O–H groups in total. The van der Waals surface area contributed by atoms with E-state index < -0.39 is 18.5 Å². The van der Waals surface area contributed by atoms with Crippen LogP contribution in [0, 0.1) is 12.7 Å². The number of aromatic nitrogens is 1. The Balaban J connectivity index is 1.38. The second-order valence-electron chi connectivity index (χ2n) is 6.17. The van der Waals surface area contributed by atoms with Gasteiger partial charge in [0.25, 0.3) is 5.91 Å². The number of nitrogens with one attached hydrogen (secondary N) is 1. The molecule has 1 heterocycles.